The molecule has 5 heteroatoms. The maximum atomic E-state index is 13.0. The van der Waals surface area contributed by atoms with Crippen molar-refractivity contribution in [2.75, 3.05) is 38.1 Å². The molecule has 0 aliphatic carbocycles. The lowest BCUT2D eigenvalue weighted by Gasteiger charge is -2.34. The summed E-state index contributed by atoms with van der Waals surface area (Å²) in [7, 11) is 0. The van der Waals surface area contributed by atoms with Crippen molar-refractivity contribution in [3.63, 3.8) is 0 Å². The van der Waals surface area contributed by atoms with E-state index in [4.69, 9.17) is 0 Å². The van der Waals surface area contributed by atoms with Gasteiger partial charge in [0, 0.05) is 50.8 Å². The van der Waals surface area contributed by atoms with Crippen molar-refractivity contribution < 1.29 is 4.39 Å². The Hall–Kier alpha value is -0.520. The van der Waals surface area contributed by atoms with Crippen molar-refractivity contribution in [3.8, 4) is 0 Å². The molecule has 0 N–H and O–H groups in total. The zero-order chi connectivity index (χ0) is 12.1. The molecule has 0 radical (unpaired) electrons. The number of rotatable bonds is 4. The van der Waals surface area contributed by atoms with E-state index in [0.717, 1.165) is 50.2 Å². The monoisotopic (exact) mass is 301 g/mol. The average molecular weight is 302 g/mol. The first kappa shape index (κ1) is 12.9. The van der Waals surface area contributed by atoms with Gasteiger partial charge in [-0.3, -0.25) is 14.8 Å². The molecular weight excluding hydrogens is 285 g/mol. The fourth-order valence-corrected chi connectivity index (χ4v) is 2.59. The highest BCUT2D eigenvalue weighted by molar-refractivity contribution is 9.09. The number of piperazine rings is 1. The molecule has 3 nitrogen and oxygen atoms in total. The standard InChI is InChI=1S/C12H17BrFN3/c13-1-2-16-3-5-17(6-4-16)10-11-7-12(14)9-15-8-11/h7-9H,1-6,10H2. The molecule has 0 saturated carbocycles. The molecule has 1 aromatic heterocycles. The summed E-state index contributed by atoms with van der Waals surface area (Å²) < 4.78 is 13.0. The summed E-state index contributed by atoms with van der Waals surface area (Å²) in [6, 6.07) is 1.57. The Bertz CT molecular complexity index is 353. The number of halogens is 2. The summed E-state index contributed by atoms with van der Waals surface area (Å²) in [5, 5.41) is 1.03. The Morgan fingerprint density at radius 2 is 1.88 bits per heavy atom. The Kier molecular flexibility index (Phi) is 4.88. The van der Waals surface area contributed by atoms with Crippen LogP contribution in [0.4, 0.5) is 4.39 Å². The van der Waals surface area contributed by atoms with E-state index in [0.29, 0.717) is 0 Å². The predicted molar refractivity (Wildman–Crippen MR) is 69.7 cm³/mol. The lowest BCUT2D eigenvalue weighted by atomic mass is 10.2. The molecule has 2 rings (SSSR count). The molecular formula is C12H17BrFN3. The minimum Gasteiger partial charge on any atom is -0.300 e. The molecule has 0 bridgehead atoms. The van der Waals surface area contributed by atoms with Gasteiger partial charge in [0.2, 0.25) is 0 Å². The van der Waals surface area contributed by atoms with Crippen LogP contribution >= 0.6 is 15.9 Å². The third kappa shape index (κ3) is 4.01. The smallest absolute Gasteiger partial charge is 0.141 e. The van der Waals surface area contributed by atoms with Crippen LogP contribution in [-0.4, -0.2) is 52.8 Å². The van der Waals surface area contributed by atoms with Gasteiger partial charge in [-0.1, -0.05) is 15.9 Å². The minimum absolute atomic E-state index is 0.250. The van der Waals surface area contributed by atoms with Crippen LogP contribution in [0.3, 0.4) is 0 Å². The minimum atomic E-state index is -0.250. The van der Waals surface area contributed by atoms with Gasteiger partial charge in [-0.15, -0.1) is 0 Å². The Morgan fingerprint density at radius 1 is 1.18 bits per heavy atom. The van der Waals surface area contributed by atoms with E-state index in [1.54, 1.807) is 12.3 Å². The molecule has 94 valence electrons. The van der Waals surface area contributed by atoms with Gasteiger partial charge in [-0.2, -0.15) is 0 Å². The molecule has 1 aliphatic rings. The van der Waals surface area contributed by atoms with Crippen molar-refractivity contribution >= 4 is 15.9 Å². The van der Waals surface area contributed by atoms with E-state index < -0.39 is 0 Å². The summed E-state index contributed by atoms with van der Waals surface area (Å²) in [5.74, 6) is -0.250. The molecule has 17 heavy (non-hydrogen) atoms. The van der Waals surface area contributed by atoms with Crippen molar-refractivity contribution in [2.24, 2.45) is 0 Å². The second-order valence-electron chi connectivity index (χ2n) is 4.32. The molecule has 2 heterocycles. The first-order valence-electron chi connectivity index (χ1n) is 5.88. The predicted octanol–water partition coefficient (Wildman–Crippen LogP) is 1.73. The van der Waals surface area contributed by atoms with Gasteiger partial charge in [0.15, 0.2) is 0 Å². The lowest BCUT2D eigenvalue weighted by Crippen LogP contribution is -2.46. The maximum Gasteiger partial charge on any atom is 0.141 e. The van der Waals surface area contributed by atoms with E-state index in [9.17, 15) is 4.39 Å². The van der Waals surface area contributed by atoms with Gasteiger partial charge in [0.25, 0.3) is 0 Å². The van der Waals surface area contributed by atoms with Crippen LogP contribution in [0, 0.1) is 5.82 Å². The summed E-state index contributed by atoms with van der Waals surface area (Å²) in [6.07, 6.45) is 2.99. The average Bonchev–Trinajstić information content (AvgIpc) is 2.32. The molecule has 0 amide bonds. The Labute approximate surface area is 110 Å². The van der Waals surface area contributed by atoms with Crippen LogP contribution in [0.5, 0.6) is 0 Å². The van der Waals surface area contributed by atoms with E-state index in [2.05, 4.69) is 30.7 Å². The summed E-state index contributed by atoms with van der Waals surface area (Å²) in [5.41, 5.74) is 0.957. The highest BCUT2D eigenvalue weighted by atomic mass is 79.9. The van der Waals surface area contributed by atoms with Gasteiger partial charge < -0.3 is 0 Å². The molecule has 1 aliphatic heterocycles. The highest BCUT2D eigenvalue weighted by Gasteiger charge is 2.16. The second kappa shape index (κ2) is 6.42. The molecule has 1 aromatic rings. The number of pyridine rings is 1. The van der Waals surface area contributed by atoms with E-state index in [1.807, 2.05) is 0 Å². The van der Waals surface area contributed by atoms with Crippen LogP contribution in [-0.2, 0) is 6.54 Å². The zero-order valence-electron chi connectivity index (χ0n) is 9.78. The molecule has 0 atom stereocenters. The number of hydrogen-bond acceptors (Lipinski definition) is 3. The van der Waals surface area contributed by atoms with Crippen LogP contribution in [0.2, 0.25) is 0 Å². The van der Waals surface area contributed by atoms with Crippen LogP contribution in [0.25, 0.3) is 0 Å². The van der Waals surface area contributed by atoms with Crippen molar-refractivity contribution in [1.29, 1.82) is 0 Å². The molecule has 0 spiro atoms. The number of alkyl halides is 1. The van der Waals surface area contributed by atoms with Crippen LogP contribution in [0.15, 0.2) is 18.5 Å². The SMILES string of the molecule is Fc1cncc(CN2CCN(CCBr)CC2)c1. The number of hydrogen-bond donors (Lipinski definition) is 0. The first-order chi connectivity index (χ1) is 8.28. The van der Waals surface area contributed by atoms with Crippen molar-refractivity contribution in [3.05, 3.63) is 29.8 Å². The normalized spacial score (nSPS) is 18.5. The lowest BCUT2D eigenvalue weighted by molar-refractivity contribution is 0.133. The van der Waals surface area contributed by atoms with Crippen molar-refractivity contribution in [2.45, 2.75) is 6.54 Å². The first-order valence-corrected chi connectivity index (χ1v) is 7.00. The van der Waals surface area contributed by atoms with Gasteiger partial charge >= 0.3 is 0 Å². The quantitative estimate of drug-likeness (QED) is 0.790. The number of nitrogens with zero attached hydrogens (tertiary/aromatic N) is 3. The van der Waals surface area contributed by atoms with E-state index in [1.165, 1.54) is 6.20 Å². The van der Waals surface area contributed by atoms with Crippen LogP contribution < -0.4 is 0 Å². The van der Waals surface area contributed by atoms with Gasteiger partial charge in [-0.05, 0) is 11.6 Å². The Balaban J connectivity index is 1.82. The Morgan fingerprint density at radius 3 is 2.53 bits per heavy atom. The van der Waals surface area contributed by atoms with Gasteiger partial charge in [0.1, 0.15) is 5.82 Å². The summed E-state index contributed by atoms with van der Waals surface area (Å²) in [6.45, 7) is 6.18. The van der Waals surface area contributed by atoms with Gasteiger partial charge in [-0.25, -0.2) is 4.39 Å². The fourth-order valence-electron chi connectivity index (χ4n) is 2.09. The van der Waals surface area contributed by atoms with Crippen LogP contribution in [0.1, 0.15) is 5.56 Å². The van der Waals surface area contributed by atoms with Gasteiger partial charge in [0.05, 0.1) is 6.20 Å². The molecule has 0 unspecified atom stereocenters. The third-order valence-corrected chi connectivity index (χ3v) is 3.39. The summed E-state index contributed by atoms with van der Waals surface area (Å²) in [4.78, 5) is 8.66. The fraction of sp³-hybridized carbons (Fsp3) is 0.583. The third-order valence-electron chi connectivity index (χ3n) is 3.03. The number of aromatic nitrogens is 1. The zero-order valence-corrected chi connectivity index (χ0v) is 11.4. The molecule has 1 fully saturated rings. The highest BCUT2D eigenvalue weighted by Crippen LogP contribution is 2.08. The maximum absolute atomic E-state index is 13.0. The largest absolute Gasteiger partial charge is 0.300 e. The van der Waals surface area contributed by atoms with Crippen molar-refractivity contribution in [1.82, 2.24) is 14.8 Å². The summed E-state index contributed by atoms with van der Waals surface area (Å²) >= 11 is 3.46. The van der Waals surface area contributed by atoms with E-state index >= 15 is 0 Å². The second-order valence-corrected chi connectivity index (χ2v) is 5.11. The topological polar surface area (TPSA) is 19.4 Å². The molecule has 0 aromatic carbocycles. The van der Waals surface area contributed by atoms with E-state index in [-0.39, 0.29) is 5.82 Å². The molecule has 1 saturated heterocycles.